The SMILES string of the molecule is C=C1CC(CC)CC(c2ccc(NC(=O)SC/C(=C/CC)c3ccccc3C)cc2)C1. The highest BCUT2D eigenvalue weighted by atomic mass is 32.2. The zero-order chi connectivity index (χ0) is 22.2. The van der Waals surface area contributed by atoms with E-state index in [0.29, 0.717) is 11.7 Å². The molecule has 0 heterocycles. The van der Waals surface area contributed by atoms with Gasteiger partial charge in [0.05, 0.1) is 0 Å². The Bertz CT molecular complexity index is 928. The molecule has 0 radical (unpaired) electrons. The highest BCUT2D eigenvalue weighted by molar-refractivity contribution is 8.14. The fourth-order valence-corrected chi connectivity index (χ4v) is 5.29. The number of hydrogen-bond donors (Lipinski definition) is 1. The minimum atomic E-state index is -0.0135. The van der Waals surface area contributed by atoms with Gasteiger partial charge in [0.25, 0.3) is 5.24 Å². The molecule has 31 heavy (non-hydrogen) atoms. The summed E-state index contributed by atoms with van der Waals surface area (Å²) in [6, 6.07) is 16.8. The maximum Gasteiger partial charge on any atom is 0.283 e. The van der Waals surface area contributed by atoms with Crippen molar-refractivity contribution in [3.8, 4) is 0 Å². The molecule has 0 aromatic heterocycles. The average Bonchev–Trinajstić information content (AvgIpc) is 2.77. The first-order chi connectivity index (χ1) is 15.0. The normalized spacial score (nSPS) is 19.3. The molecule has 1 aliphatic carbocycles. The smallest absolute Gasteiger partial charge is 0.283 e. The van der Waals surface area contributed by atoms with Gasteiger partial charge in [-0.2, -0.15) is 0 Å². The Morgan fingerprint density at radius 1 is 1.13 bits per heavy atom. The number of anilines is 1. The standard InChI is InChI=1S/C28H35NOS/c1-5-9-24(27-11-8-7-10-21(27)4)19-31-28(30)29-26-14-12-23(13-15-26)25-17-20(3)16-22(6-2)18-25/h7-15,22,25H,3,5-6,16-19H2,1-2,4H3,(H,29,30)/b24-9-. The molecule has 0 saturated heterocycles. The number of carbonyl (C=O) groups is 1. The first-order valence-electron chi connectivity index (χ1n) is 11.5. The maximum atomic E-state index is 12.6. The van der Waals surface area contributed by atoms with Gasteiger partial charge in [0, 0.05) is 11.4 Å². The number of hydrogen-bond acceptors (Lipinski definition) is 2. The molecule has 2 nitrogen and oxygen atoms in total. The van der Waals surface area contributed by atoms with Crippen molar-refractivity contribution in [3.63, 3.8) is 0 Å². The molecule has 0 bridgehead atoms. The number of allylic oxidation sites excluding steroid dienone is 2. The molecule has 2 atom stereocenters. The van der Waals surface area contributed by atoms with Crippen LogP contribution in [0, 0.1) is 12.8 Å². The third-order valence-electron chi connectivity index (χ3n) is 6.24. The minimum Gasteiger partial charge on any atom is -0.317 e. The van der Waals surface area contributed by atoms with Gasteiger partial charge >= 0.3 is 0 Å². The molecular weight excluding hydrogens is 398 g/mol. The summed E-state index contributed by atoms with van der Waals surface area (Å²) < 4.78 is 0. The molecule has 2 aromatic carbocycles. The summed E-state index contributed by atoms with van der Waals surface area (Å²) in [5, 5.41) is 3.03. The fourth-order valence-electron chi connectivity index (χ4n) is 4.54. The third kappa shape index (κ3) is 6.61. The summed E-state index contributed by atoms with van der Waals surface area (Å²) in [5.74, 6) is 1.98. The number of aryl methyl sites for hydroxylation is 1. The van der Waals surface area contributed by atoms with Crippen LogP contribution in [-0.4, -0.2) is 11.0 Å². The number of benzene rings is 2. The van der Waals surface area contributed by atoms with Gasteiger partial charge in [-0.25, -0.2) is 0 Å². The summed E-state index contributed by atoms with van der Waals surface area (Å²) in [7, 11) is 0. The van der Waals surface area contributed by atoms with Gasteiger partial charge in [-0.1, -0.05) is 86.7 Å². The van der Waals surface area contributed by atoms with E-state index in [9.17, 15) is 4.79 Å². The molecule has 1 aliphatic rings. The van der Waals surface area contributed by atoms with Gasteiger partial charge in [-0.3, -0.25) is 4.79 Å². The van der Waals surface area contributed by atoms with Crippen LogP contribution in [0.25, 0.3) is 5.57 Å². The van der Waals surface area contributed by atoms with Gasteiger partial charge in [-0.05, 0) is 78.8 Å². The van der Waals surface area contributed by atoms with E-state index < -0.39 is 0 Å². The second kappa shape index (κ2) is 11.4. The van der Waals surface area contributed by atoms with E-state index in [-0.39, 0.29) is 5.24 Å². The number of carbonyl (C=O) groups excluding carboxylic acids is 1. The topological polar surface area (TPSA) is 29.1 Å². The lowest BCUT2D eigenvalue weighted by atomic mass is 9.75. The Kier molecular flexibility index (Phi) is 8.60. The van der Waals surface area contributed by atoms with Crippen molar-refractivity contribution in [3.05, 3.63) is 83.4 Å². The van der Waals surface area contributed by atoms with E-state index in [0.717, 1.165) is 24.4 Å². The number of amides is 1. The van der Waals surface area contributed by atoms with Crippen LogP contribution in [0.2, 0.25) is 0 Å². The van der Waals surface area contributed by atoms with Crippen molar-refractivity contribution < 1.29 is 4.79 Å². The molecule has 2 unspecified atom stereocenters. The number of nitrogens with one attached hydrogen (secondary N) is 1. The number of rotatable bonds is 7. The second-order valence-electron chi connectivity index (χ2n) is 8.64. The van der Waals surface area contributed by atoms with Crippen LogP contribution in [0.5, 0.6) is 0 Å². The zero-order valence-corrected chi connectivity index (χ0v) is 19.9. The Balaban J connectivity index is 1.57. The van der Waals surface area contributed by atoms with E-state index in [1.807, 2.05) is 12.1 Å². The van der Waals surface area contributed by atoms with Crippen molar-refractivity contribution in [2.24, 2.45) is 5.92 Å². The van der Waals surface area contributed by atoms with Gasteiger partial charge in [0.15, 0.2) is 0 Å². The Hall–Kier alpha value is -2.26. The fraction of sp³-hybridized carbons (Fsp3) is 0.393. The highest BCUT2D eigenvalue weighted by Gasteiger charge is 2.24. The van der Waals surface area contributed by atoms with Crippen LogP contribution in [0.4, 0.5) is 10.5 Å². The van der Waals surface area contributed by atoms with Crippen molar-refractivity contribution >= 4 is 28.3 Å². The molecule has 3 heteroatoms. The van der Waals surface area contributed by atoms with Crippen molar-refractivity contribution in [1.29, 1.82) is 0 Å². The van der Waals surface area contributed by atoms with Gasteiger partial charge < -0.3 is 5.32 Å². The minimum absolute atomic E-state index is 0.0135. The van der Waals surface area contributed by atoms with Crippen LogP contribution in [0.3, 0.4) is 0 Å². The molecule has 0 spiro atoms. The van der Waals surface area contributed by atoms with Gasteiger partial charge in [0.1, 0.15) is 0 Å². The predicted molar refractivity (Wildman–Crippen MR) is 137 cm³/mol. The summed E-state index contributed by atoms with van der Waals surface area (Å²) in [6.07, 6.45) is 7.90. The zero-order valence-electron chi connectivity index (χ0n) is 19.1. The van der Waals surface area contributed by atoms with E-state index in [4.69, 9.17) is 0 Å². The Morgan fingerprint density at radius 2 is 1.87 bits per heavy atom. The van der Waals surface area contributed by atoms with Gasteiger partial charge in [0.2, 0.25) is 0 Å². The van der Waals surface area contributed by atoms with Crippen molar-refractivity contribution in [2.45, 2.75) is 58.8 Å². The van der Waals surface area contributed by atoms with Crippen LogP contribution in [0.1, 0.15) is 68.6 Å². The van der Waals surface area contributed by atoms with E-state index in [1.165, 1.54) is 58.9 Å². The Labute approximate surface area is 192 Å². The molecule has 3 rings (SSSR count). The molecule has 1 amide bonds. The molecule has 1 N–H and O–H groups in total. The lowest BCUT2D eigenvalue weighted by Crippen LogP contribution is -2.15. The molecule has 0 aliphatic heterocycles. The second-order valence-corrected chi connectivity index (χ2v) is 9.59. The van der Waals surface area contributed by atoms with Crippen LogP contribution in [-0.2, 0) is 0 Å². The predicted octanol–water partition coefficient (Wildman–Crippen LogP) is 8.60. The molecular formula is C28H35NOS. The van der Waals surface area contributed by atoms with E-state index in [1.54, 1.807) is 0 Å². The quantitative estimate of drug-likeness (QED) is 0.443. The van der Waals surface area contributed by atoms with Crippen molar-refractivity contribution in [1.82, 2.24) is 0 Å². The van der Waals surface area contributed by atoms with Crippen LogP contribution >= 0.6 is 11.8 Å². The lowest BCUT2D eigenvalue weighted by molar-refractivity contribution is 0.270. The molecule has 1 saturated carbocycles. The monoisotopic (exact) mass is 433 g/mol. The van der Waals surface area contributed by atoms with E-state index in [2.05, 4.69) is 75.1 Å². The average molecular weight is 434 g/mol. The first kappa shape index (κ1) is 23.4. The molecule has 1 fully saturated rings. The molecule has 2 aromatic rings. The largest absolute Gasteiger partial charge is 0.317 e. The third-order valence-corrected chi connectivity index (χ3v) is 7.06. The van der Waals surface area contributed by atoms with Crippen LogP contribution in [0.15, 0.2) is 66.8 Å². The summed E-state index contributed by atoms with van der Waals surface area (Å²) in [5.41, 5.74) is 7.29. The van der Waals surface area contributed by atoms with Crippen molar-refractivity contribution in [2.75, 3.05) is 11.1 Å². The van der Waals surface area contributed by atoms with Gasteiger partial charge in [-0.15, -0.1) is 0 Å². The summed E-state index contributed by atoms with van der Waals surface area (Å²) >= 11 is 1.33. The number of thioether (sulfide) groups is 1. The first-order valence-corrected chi connectivity index (χ1v) is 12.4. The maximum absolute atomic E-state index is 12.6. The van der Waals surface area contributed by atoms with E-state index >= 15 is 0 Å². The lowest BCUT2D eigenvalue weighted by Gasteiger charge is -2.30. The molecule has 164 valence electrons. The Morgan fingerprint density at radius 3 is 2.55 bits per heavy atom. The summed E-state index contributed by atoms with van der Waals surface area (Å²) in [4.78, 5) is 12.6. The summed E-state index contributed by atoms with van der Waals surface area (Å²) in [6.45, 7) is 10.8. The highest BCUT2D eigenvalue weighted by Crippen LogP contribution is 2.40. The van der Waals surface area contributed by atoms with Crippen LogP contribution < -0.4 is 5.32 Å².